The molecule has 0 unspecified atom stereocenters. The summed E-state index contributed by atoms with van der Waals surface area (Å²) in [5, 5.41) is 17.8. The van der Waals surface area contributed by atoms with Crippen LogP contribution in [0.15, 0.2) is 36.4 Å². The van der Waals surface area contributed by atoms with Crippen LogP contribution in [-0.2, 0) is 9.59 Å². The standard InChI is InChI=1S/C23H22N2O5S/c1-13(2)11-25-17-7-6-14(10-24)8-16(17)22(31-19(23(25)28)9-20(26)27)15-4-3-5-18-21(15)30-12-29-18/h3-8,13,19,22H,9,11-12H2,1-2H3,(H,26,27)/t19-,22-/m1/s1. The highest BCUT2D eigenvalue weighted by molar-refractivity contribution is 8.01. The number of carboxylic acids is 1. The maximum atomic E-state index is 13.5. The normalized spacial score (nSPS) is 19.7. The molecule has 2 aliphatic rings. The zero-order valence-electron chi connectivity index (χ0n) is 17.2. The number of carboxylic acid groups (broad SMARTS) is 1. The predicted octanol–water partition coefficient (Wildman–Crippen LogP) is 3.96. The Morgan fingerprint density at radius 1 is 1.29 bits per heavy atom. The fraction of sp³-hybridized carbons (Fsp3) is 0.348. The quantitative estimate of drug-likeness (QED) is 0.754. The summed E-state index contributed by atoms with van der Waals surface area (Å²) >= 11 is 1.28. The van der Waals surface area contributed by atoms with Crippen LogP contribution in [0, 0.1) is 17.2 Å². The number of nitrogens with zero attached hydrogens (tertiary/aromatic N) is 2. The number of amides is 1. The smallest absolute Gasteiger partial charge is 0.305 e. The lowest BCUT2D eigenvalue weighted by atomic mass is 9.98. The number of anilines is 1. The molecule has 0 aromatic heterocycles. The maximum absolute atomic E-state index is 13.5. The molecule has 2 atom stereocenters. The zero-order valence-corrected chi connectivity index (χ0v) is 18.0. The summed E-state index contributed by atoms with van der Waals surface area (Å²) in [7, 11) is 0. The van der Waals surface area contributed by atoms with Gasteiger partial charge in [-0.15, -0.1) is 11.8 Å². The van der Waals surface area contributed by atoms with Crippen molar-refractivity contribution in [1.29, 1.82) is 5.26 Å². The molecule has 0 spiro atoms. The summed E-state index contributed by atoms with van der Waals surface area (Å²) in [6, 6.07) is 13.0. The molecule has 2 aliphatic heterocycles. The number of thioether (sulfide) groups is 1. The van der Waals surface area contributed by atoms with Crippen molar-refractivity contribution in [1.82, 2.24) is 0 Å². The minimum atomic E-state index is -1.03. The SMILES string of the molecule is CC(C)CN1C(=O)[C@@H](CC(=O)O)S[C@H](c2cccc3c2OCO3)c2cc(C#N)ccc21. The molecule has 2 aromatic carbocycles. The lowest BCUT2D eigenvalue weighted by Crippen LogP contribution is -2.40. The van der Waals surface area contributed by atoms with Crippen LogP contribution in [0.3, 0.4) is 0 Å². The summed E-state index contributed by atoms with van der Waals surface area (Å²) in [5.41, 5.74) is 2.75. The highest BCUT2D eigenvalue weighted by Gasteiger charge is 2.39. The van der Waals surface area contributed by atoms with E-state index < -0.39 is 16.5 Å². The molecule has 7 nitrogen and oxygen atoms in total. The van der Waals surface area contributed by atoms with Crippen LogP contribution >= 0.6 is 11.8 Å². The Morgan fingerprint density at radius 2 is 2.10 bits per heavy atom. The lowest BCUT2D eigenvalue weighted by molar-refractivity contribution is -0.138. The van der Waals surface area contributed by atoms with Gasteiger partial charge in [0.1, 0.15) is 0 Å². The fourth-order valence-corrected chi connectivity index (χ4v) is 5.39. The van der Waals surface area contributed by atoms with Gasteiger partial charge in [0.2, 0.25) is 12.7 Å². The van der Waals surface area contributed by atoms with Crippen LogP contribution in [0.2, 0.25) is 0 Å². The number of hydrogen-bond acceptors (Lipinski definition) is 6. The van der Waals surface area contributed by atoms with E-state index in [1.54, 1.807) is 23.1 Å². The van der Waals surface area contributed by atoms with E-state index in [1.165, 1.54) is 11.8 Å². The summed E-state index contributed by atoms with van der Waals surface area (Å²) < 4.78 is 11.2. The first-order valence-corrected chi connectivity index (χ1v) is 10.9. The number of aliphatic carboxylic acids is 1. The molecule has 160 valence electrons. The molecular formula is C23H22N2O5S. The molecule has 4 rings (SSSR count). The number of carbonyl (C=O) groups excluding carboxylic acids is 1. The zero-order chi connectivity index (χ0) is 22.1. The van der Waals surface area contributed by atoms with Gasteiger partial charge in [-0.1, -0.05) is 26.0 Å². The first kappa shape index (κ1) is 21.1. The van der Waals surface area contributed by atoms with Crippen molar-refractivity contribution in [3.63, 3.8) is 0 Å². The van der Waals surface area contributed by atoms with E-state index >= 15 is 0 Å². The number of carbonyl (C=O) groups is 2. The average molecular weight is 439 g/mol. The van der Waals surface area contributed by atoms with Gasteiger partial charge >= 0.3 is 5.97 Å². The molecule has 0 saturated heterocycles. The van der Waals surface area contributed by atoms with Gasteiger partial charge in [-0.05, 0) is 35.7 Å². The molecule has 0 saturated carbocycles. The Labute approximate surface area is 184 Å². The van der Waals surface area contributed by atoms with Crippen LogP contribution in [-0.4, -0.2) is 35.6 Å². The Kier molecular flexibility index (Phi) is 5.79. The van der Waals surface area contributed by atoms with Crippen LogP contribution in [0.1, 0.15) is 42.2 Å². The number of rotatable bonds is 5. The van der Waals surface area contributed by atoms with Gasteiger partial charge in [0.25, 0.3) is 0 Å². The highest BCUT2D eigenvalue weighted by Crippen LogP contribution is 2.51. The molecule has 8 heteroatoms. The Balaban J connectivity index is 1.92. The summed E-state index contributed by atoms with van der Waals surface area (Å²) in [5.74, 6) is 0.111. The van der Waals surface area contributed by atoms with E-state index in [-0.39, 0.29) is 25.0 Å². The predicted molar refractivity (Wildman–Crippen MR) is 116 cm³/mol. The number of para-hydroxylation sites is 1. The van der Waals surface area contributed by atoms with Crippen molar-refractivity contribution in [2.45, 2.75) is 30.8 Å². The maximum Gasteiger partial charge on any atom is 0.305 e. The first-order chi connectivity index (χ1) is 14.9. The van der Waals surface area contributed by atoms with Gasteiger partial charge in [-0.25, -0.2) is 0 Å². The van der Waals surface area contributed by atoms with Crippen molar-refractivity contribution in [2.24, 2.45) is 5.92 Å². The van der Waals surface area contributed by atoms with Gasteiger partial charge in [0, 0.05) is 17.8 Å². The number of ether oxygens (including phenoxy) is 2. The molecule has 2 heterocycles. The Hall–Kier alpha value is -3.18. The molecule has 0 aliphatic carbocycles. The second kappa shape index (κ2) is 8.52. The molecule has 1 N–H and O–H groups in total. The third kappa shape index (κ3) is 4.06. The van der Waals surface area contributed by atoms with Gasteiger partial charge in [0.15, 0.2) is 11.5 Å². The molecule has 2 aromatic rings. The van der Waals surface area contributed by atoms with Gasteiger partial charge < -0.3 is 19.5 Å². The van der Waals surface area contributed by atoms with E-state index in [0.717, 1.165) is 11.1 Å². The van der Waals surface area contributed by atoms with E-state index in [4.69, 9.17) is 9.47 Å². The largest absolute Gasteiger partial charge is 0.481 e. The van der Waals surface area contributed by atoms with Crippen molar-refractivity contribution < 1.29 is 24.2 Å². The number of hydrogen-bond donors (Lipinski definition) is 1. The van der Waals surface area contributed by atoms with Crippen LogP contribution in [0.25, 0.3) is 0 Å². The van der Waals surface area contributed by atoms with Crippen LogP contribution < -0.4 is 14.4 Å². The molecule has 0 bridgehead atoms. The minimum Gasteiger partial charge on any atom is -0.481 e. The number of benzene rings is 2. The van der Waals surface area contributed by atoms with Crippen molar-refractivity contribution >= 4 is 29.3 Å². The second-order valence-electron chi connectivity index (χ2n) is 7.91. The van der Waals surface area contributed by atoms with E-state index in [9.17, 15) is 20.0 Å². The van der Waals surface area contributed by atoms with Crippen LogP contribution in [0.5, 0.6) is 11.5 Å². The monoisotopic (exact) mass is 438 g/mol. The van der Waals surface area contributed by atoms with E-state index in [1.807, 2.05) is 32.0 Å². The highest BCUT2D eigenvalue weighted by atomic mass is 32.2. The molecule has 31 heavy (non-hydrogen) atoms. The Morgan fingerprint density at radius 3 is 2.81 bits per heavy atom. The van der Waals surface area contributed by atoms with Gasteiger partial charge in [0.05, 0.1) is 28.6 Å². The molecule has 1 amide bonds. The van der Waals surface area contributed by atoms with Crippen molar-refractivity contribution in [2.75, 3.05) is 18.2 Å². The van der Waals surface area contributed by atoms with E-state index in [2.05, 4.69) is 6.07 Å². The van der Waals surface area contributed by atoms with Crippen LogP contribution in [0.4, 0.5) is 5.69 Å². The first-order valence-electron chi connectivity index (χ1n) is 10.00. The van der Waals surface area contributed by atoms with E-state index in [0.29, 0.717) is 29.3 Å². The number of fused-ring (bicyclic) bond motifs is 2. The van der Waals surface area contributed by atoms with Crippen molar-refractivity contribution in [3.8, 4) is 17.6 Å². The Bertz CT molecular complexity index is 1080. The molecule has 0 radical (unpaired) electrons. The number of nitriles is 1. The summed E-state index contributed by atoms with van der Waals surface area (Å²) in [6.45, 7) is 4.57. The summed E-state index contributed by atoms with van der Waals surface area (Å²) in [6.07, 6.45) is -0.292. The topological polar surface area (TPSA) is 99.9 Å². The molecule has 0 fully saturated rings. The minimum absolute atomic E-state index is 0.103. The van der Waals surface area contributed by atoms with Crippen molar-refractivity contribution in [3.05, 3.63) is 53.1 Å². The third-order valence-electron chi connectivity index (χ3n) is 5.19. The summed E-state index contributed by atoms with van der Waals surface area (Å²) in [4.78, 5) is 26.7. The third-order valence-corrected chi connectivity index (χ3v) is 6.67. The molecular weight excluding hydrogens is 416 g/mol. The lowest BCUT2D eigenvalue weighted by Gasteiger charge is -2.27. The van der Waals surface area contributed by atoms with Gasteiger partial charge in [-0.3, -0.25) is 9.59 Å². The second-order valence-corrected chi connectivity index (χ2v) is 9.22. The average Bonchev–Trinajstić information content (AvgIpc) is 3.19. The van der Waals surface area contributed by atoms with Gasteiger partial charge in [-0.2, -0.15) is 5.26 Å². The fourth-order valence-electron chi connectivity index (χ4n) is 3.92.